The number of halogens is 1. The van der Waals surface area contributed by atoms with Gasteiger partial charge in [-0.3, -0.25) is 9.59 Å². The van der Waals surface area contributed by atoms with Crippen LogP contribution >= 0.6 is 15.9 Å². The molecule has 2 amide bonds. The highest BCUT2D eigenvalue weighted by Crippen LogP contribution is 2.17. The lowest BCUT2D eigenvalue weighted by molar-refractivity contribution is -0.124. The molecule has 1 rings (SSSR count). The van der Waals surface area contributed by atoms with E-state index in [-0.39, 0.29) is 17.7 Å². The maximum atomic E-state index is 12.3. The van der Waals surface area contributed by atoms with Crippen LogP contribution in [0.5, 0.6) is 0 Å². The van der Waals surface area contributed by atoms with Crippen LogP contribution in [0.2, 0.25) is 0 Å². The molecule has 0 radical (unpaired) electrons. The third-order valence-corrected chi connectivity index (χ3v) is 3.51. The lowest BCUT2D eigenvalue weighted by atomic mass is 10.1. The zero-order chi connectivity index (χ0) is 14.6. The monoisotopic (exact) mass is 326 g/mol. The van der Waals surface area contributed by atoms with E-state index in [0.717, 1.165) is 10.0 Å². The Hall–Kier alpha value is -1.36. The average molecular weight is 327 g/mol. The van der Waals surface area contributed by atoms with Crippen molar-refractivity contribution in [3.63, 3.8) is 0 Å². The van der Waals surface area contributed by atoms with Crippen molar-refractivity contribution in [2.45, 2.75) is 13.8 Å². The third-order valence-electron chi connectivity index (χ3n) is 3.02. The van der Waals surface area contributed by atoms with Gasteiger partial charge in [-0.2, -0.15) is 0 Å². The Kier molecular flexibility index (Phi) is 5.54. The molecule has 0 heterocycles. The fourth-order valence-corrected chi connectivity index (χ4v) is 2.21. The number of rotatable bonds is 4. The maximum absolute atomic E-state index is 12.3. The summed E-state index contributed by atoms with van der Waals surface area (Å²) in [6.07, 6.45) is 0. The number of hydrogen-bond acceptors (Lipinski definition) is 2. The molecule has 1 aromatic rings. The summed E-state index contributed by atoms with van der Waals surface area (Å²) in [5.41, 5.74) is 1.58. The zero-order valence-corrected chi connectivity index (χ0v) is 13.2. The number of hydrogen-bond donors (Lipinski definition) is 1. The summed E-state index contributed by atoms with van der Waals surface area (Å²) < 4.78 is 0.870. The van der Waals surface area contributed by atoms with Gasteiger partial charge < -0.3 is 10.2 Å². The second-order valence-corrected chi connectivity index (χ2v) is 5.58. The first-order valence-electron chi connectivity index (χ1n) is 6.10. The van der Waals surface area contributed by atoms with Crippen molar-refractivity contribution in [3.05, 3.63) is 33.8 Å². The molecule has 0 aliphatic rings. The molecule has 1 aromatic carbocycles. The highest BCUT2D eigenvalue weighted by Gasteiger charge is 2.19. The predicted octanol–water partition coefficient (Wildman–Crippen LogP) is 2.21. The first-order chi connectivity index (χ1) is 8.86. The van der Waals surface area contributed by atoms with Gasteiger partial charge in [0.05, 0.1) is 5.92 Å². The molecule has 104 valence electrons. The van der Waals surface area contributed by atoms with Crippen LogP contribution in [-0.4, -0.2) is 37.4 Å². The van der Waals surface area contributed by atoms with Crippen LogP contribution in [0.25, 0.3) is 0 Å². The van der Waals surface area contributed by atoms with Crippen LogP contribution in [0.4, 0.5) is 0 Å². The molecular formula is C14H19BrN2O2. The Morgan fingerprint density at radius 2 is 2.05 bits per heavy atom. The van der Waals surface area contributed by atoms with E-state index in [0.29, 0.717) is 12.1 Å². The summed E-state index contributed by atoms with van der Waals surface area (Å²) in [6.45, 7) is 4.09. The zero-order valence-electron chi connectivity index (χ0n) is 11.7. The van der Waals surface area contributed by atoms with Gasteiger partial charge in [0.1, 0.15) is 0 Å². The third kappa shape index (κ3) is 4.06. The van der Waals surface area contributed by atoms with Crippen molar-refractivity contribution >= 4 is 27.7 Å². The fourth-order valence-electron chi connectivity index (χ4n) is 1.85. The number of benzene rings is 1. The standard InChI is InChI=1S/C14H19BrN2O2/c1-9-5-6-11(15)7-12(9)14(19)17(4)8-10(2)13(18)16-3/h5-7,10H,8H2,1-4H3,(H,16,18). The second kappa shape index (κ2) is 6.70. The Bertz CT molecular complexity index is 488. The first-order valence-corrected chi connectivity index (χ1v) is 6.89. The van der Waals surface area contributed by atoms with Crippen LogP contribution in [0.3, 0.4) is 0 Å². The fraction of sp³-hybridized carbons (Fsp3) is 0.429. The Morgan fingerprint density at radius 3 is 2.63 bits per heavy atom. The minimum absolute atomic E-state index is 0.0642. The summed E-state index contributed by atoms with van der Waals surface area (Å²) in [4.78, 5) is 25.4. The molecule has 0 saturated carbocycles. The van der Waals surface area contributed by atoms with Crippen molar-refractivity contribution in [1.82, 2.24) is 10.2 Å². The summed E-state index contributed by atoms with van der Waals surface area (Å²) in [7, 11) is 3.31. The largest absolute Gasteiger partial charge is 0.359 e. The van der Waals surface area contributed by atoms with Crippen LogP contribution in [-0.2, 0) is 4.79 Å². The molecule has 19 heavy (non-hydrogen) atoms. The van der Waals surface area contributed by atoms with Gasteiger partial charge in [-0.25, -0.2) is 0 Å². The van der Waals surface area contributed by atoms with E-state index in [4.69, 9.17) is 0 Å². The number of aryl methyl sites for hydroxylation is 1. The topological polar surface area (TPSA) is 49.4 Å². The van der Waals surface area contributed by atoms with Gasteiger partial charge in [-0.05, 0) is 24.6 Å². The smallest absolute Gasteiger partial charge is 0.253 e. The minimum Gasteiger partial charge on any atom is -0.359 e. The molecular weight excluding hydrogens is 308 g/mol. The first kappa shape index (κ1) is 15.7. The van der Waals surface area contributed by atoms with Crippen molar-refractivity contribution in [2.75, 3.05) is 20.6 Å². The summed E-state index contributed by atoms with van der Waals surface area (Å²) in [5.74, 6) is -0.369. The van der Waals surface area contributed by atoms with Gasteiger partial charge >= 0.3 is 0 Å². The van der Waals surface area contributed by atoms with Crippen LogP contribution < -0.4 is 5.32 Å². The van der Waals surface area contributed by atoms with E-state index in [9.17, 15) is 9.59 Å². The van der Waals surface area contributed by atoms with Crippen LogP contribution in [0.15, 0.2) is 22.7 Å². The predicted molar refractivity (Wildman–Crippen MR) is 79.1 cm³/mol. The maximum Gasteiger partial charge on any atom is 0.253 e. The van der Waals surface area contributed by atoms with E-state index in [1.807, 2.05) is 19.1 Å². The number of nitrogens with one attached hydrogen (secondary N) is 1. The van der Waals surface area contributed by atoms with Gasteiger partial charge in [0, 0.05) is 30.7 Å². The van der Waals surface area contributed by atoms with E-state index >= 15 is 0 Å². The van der Waals surface area contributed by atoms with Gasteiger partial charge in [0.2, 0.25) is 5.91 Å². The molecule has 0 aliphatic carbocycles. The van der Waals surface area contributed by atoms with Crippen LogP contribution in [0.1, 0.15) is 22.8 Å². The van der Waals surface area contributed by atoms with E-state index in [1.165, 1.54) is 0 Å². The Labute approximate surface area is 122 Å². The molecule has 5 heteroatoms. The average Bonchev–Trinajstić information content (AvgIpc) is 2.39. The van der Waals surface area contributed by atoms with E-state index in [2.05, 4.69) is 21.2 Å². The molecule has 1 unspecified atom stereocenters. The van der Waals surface area contributed by atoms with Gasteiger partial charge in [0.15, 0.2) is 0 Å². The molecule has 1 atom stereocenters. The lowest BCUT2D eigenvalue weighted by Crippen LogP contribution is -2.37. The molecule has 0 fully saturated rings. The summed E-state index contributed by atoms with van der Waals surface area (Å²) in [5, 5.41) is 2.58. The normalized spacial score (nSPS) is 11.8. The highest BCUT2D eigenvalue weighted by molar-refractivity contribution is 9.10. The quantitative estimate of drug-likeness (QED) is 0.922. The Balaban J connectivity index is 2.82. The van der Waals surface area contributed by atoms with Crippen LogP contribution in [0, 0.1) is 12.8 Å². The van der Waals surface area contributed by atoms with Gasteiger partial charge in [-0.1, -0.05) is 28.9 Å². The SMILES string of the molecule is CNC(=O)C(C)CN(C)C(=O)c1cc(Br)ccc1C. The molecule has 0 bridgehead atoms. The molecule has 0 aromatic heterocycles. The van der Waals surface area contributed by atoms with E-state index in [1.54, 1.807) is 32.0 Å². The second-order valence-electron chi connectivity index (χ2n) is 4.66. The highest BCUT2D eigenvalue weighted by atomic mass is 79.9. The molecule has 4 nitrogen and oxygen atoms in total. The summed E-state index contributed by atoms with van der Waals surface area (Å²) in [6, 6.07) is 5.60. The van der Waals surface area contributed by atoms with E-state index < -0.39 is 0 Å². The lowest BCUT2D eigenvalue weighted by Gasteiger charge is -2.21. The number of carbonyl (C=O) groups excluding carboxylic acids is 2. The van der Waals surface area contributed by atoms with Crippen molar-refractivity contribution in [2.24, 2.45) is 5.92 Å². The Morgan fingerprint density at radius 1 is 1.42 bits per heavy atom. The summed E-state index contributed by atoms with van der Waals surface area (Å²) >= 11 is 3.36. The van der Waals surface area contributed by atoms with Gasteiger partial charge in [0.25, 0.3) is 5.91 Å². The van der Waals surface area contributed by atoms with Crippen molar-refractivity contribution in [3.8, 4) is 0 Å². The number of nitrogens with zero attached hydrogens (tertiary/aromatic N) is 1. The van der Waals surface area contributed by atoms with Crippen molar-refractivity contribution in [1.29, 1.82) is 0 Å². The molecule has 0 spiro atoms. The van der Waals surface area contributed by atoms with Crippen molar-refractivity contribution < 1.29 is 9.59 Å². The molecule has 0 saturated heterocycles. The number of amides is 2. The number of carbonyl (C=O) groups is 2. The molecule has 1 N–H and O–H groups in total. The minimum atomic E-state index is -0.230. The molecule has 0 aliphatic heterocycles. The van der Waals surface area contributed by atoms with Gasteiger partial charge in [-0.15, -0.1) is 0 Å².